The van der Waals surface area contributed by atoms with Gasteiger partial charge in [-0.15, -0.1) is 0 Å². The highest BCUT2D eigenvalue weighted by molar-refractivity contribution is 5.74. The summed E-state index contributed by atoms with van der Waals surface area (Å²) in [6.07, 6.45) is -0.0426. The number of esters is 1. The standard InChI is InChI=1S/C17H18O3/c18-16(12-11-14-7-3-1-4-8-14)17(19)20-13-15-9-5-2-6-10-15/h1-10,16,18H,11-13H2/t16-/m0/s1. The number of aryl methyl sites for hydroxylation is 1. The second-order valence-electron chi connectivity index (χ2n) is 4.63. The molecule has 0 saturated carbocycles. The molecule has 2 aromatic carbocycles. The van der Waals surface area contributed by atoms with Crippen molar-refractivity contribution in [1.82, 2.24) is 0 Å². The molecular formula is C17H18O3. The van der Waals surface area contributed by atoms with Gasteiger partial charge in [0.15, 0.2) is 6.10 Å². The number of ether oxygens (including phenoxy) is 1. The predicted molar refractivity (Wildman–Crippen MR) is 77.0 cm³/mol. The normalized spacial score (nSPS) is 11.8. The van der Waals surface area contributed by atoms with Crippen LogP contribution in [0.4, 0.5) is 0 Å². The summed E-state index contributed by atoms with van der Waals surface area (Å²) in [6.45, 7) is 0.196. The van der Waals surface area contributed by atoms with E-state index < -0.39 is 12.1 Å². The zero-order valence-corrected chi connectivity index (χ0v) is 11.2. The molecule has 0 fully saturated rings. The summed E-state index contributed by atoms with van der Waals surface area (Å²) in [7, 11) is 0. The smallest absolute Gasteiger partial charge is 0.335 e. The first-order valence-corrected chi connectivity index (χ1v) is 6.68. The molecule has 0 spiro atoms. The fourth-order valence-corrected chi connectivity index (χ4v) is 1.89. The Hall–Kier alpha value is -2.13. The Bertz CT molecular complexity index is 522. The maximum absolute atomic E-state index is 11.7. The van der Waals surface area contributed by atoms with Gasteiger partial charge in [0, 0.05) is 0 Å². The fraction of sp³-hybridized carbons (Fsp3) is 0.235. The minimum Gasteiger partial charge on any atom is -0.459 e. The van der Waals surface area contributed by atoms with Crippen LogP contribution in [0, 0.1) is 0 Å². The van der Waals surface area contributed by atoms with E-state index in [4.69, 9.17) is 4.74 Å². The summed E-state index contributed by atoms with van der Waals surface area (Å²) in [5.41, 5.74) is 2.01. The van der Waals surface area contributed by atoms with Crippen LogP contribution in [0.5, 0.6) is 0 Å². The van der Waals surface area contributed by atoms with Gasteiger partial charge in [-0.1, -0.05) is 60.7 Å². The van der Waals surface area contributed by atoms with Gasteiger partial charge in [-0.25, -0.2) is 4.79 Å². The number of hydrogen-bond donors (Lipinski definition) is 1. The van der Waals surface area contributed by atoms with E-state index in [-0.39, 0.29) is 6.61 Å². The molecule has 0 aromatic heterocycles. The second kappa shape index (κ2) is 7.46. The molecule has 104 valence electrons. The molecule has 0 aliphatic carbocycles. The Kier molecular flexibility index (Phi) is 5.33. The number of benzene rings is 2. The van der Waals surface area contributed by atoms with Gasteiger partial charge in [0.2, 0.25) is 0 Å². The molecule has 0 heterocycles. The van der Waals surface area contributed by atoms with Crippen LogP contribution in [0.2, 0.25) is 0 Å². The molecule has 0 bridgehead atoms. The lowest BCUT2D eigenvalue weighted by Gasteiger charge is -2.10. The lowest BCUT2D eigenvalue weighted by Crippen LogP contribution is -2.23. The molecule has 3 nitrogen and oxygen atoms in total. The van der Waals surface area contributed by atoms with Gasteiger partial charge in [0.25, 0.3) is 0 Å². The van der Waals surface area contributed by atoms with Crippen LogP contribution in [-0.2, 0) is 22.6 Å². The van der Waals surface area contributed by atoms with Gasteiger partial charge in [-0.05, 0) is 24.0 Å². The van der Waals surface area contributed by atoms with Gasteiger partial charge in [0.1, 0.15) is 6.61 Å². The maximum Gasteiger partial charge on any atom is 0.335 e. The SMILES string of the molecule is O=C(OCc1ccccc1)[C@@H](O)CCc1ccccc1. The second-order valence-corrected chi connectivity index (χ2v) is 4.63. The summed E-state index contributed by atoms with van der Waals surface area (Å²) in [5, 5.41) is 9.78. The Morgan fingerprint density at radius 1 is 0.950 bits per heavy atom. The first-order chi connectivity index (χ1) is 9.75. The molecule has 3 heteroatoms. The summed E-state index contributed by atoms with van der Waals surface area (Å²) < 4.78 is 5.09. The van der Waals surface area contributed by atoms with Crippen LogP contribution in [0.3, 0.4) is 0 Å². The highest BCUT2D eigenvalue weighted by Crippen LogP contribution is 2.07. The molecule has 0 aliphatic heterocycles. The average Bonchev–Trinajstić information content (AvgIpc) is 2.52. The average molecular weight is 270 g/mol. The highest BCUT2D eigenvalue weighted by atomic mass is 16.5. The maximum atomic E-state index is 11.7. The fourth-order valence-electron chi connectivity index (χ4n) is 1.89. The molecule has 0 amide bonds. The van der Waals surface area contributed by atoms with Gasteiger partial charge in [-0.3, -0.25) is 0 Å². The first-order valence-electron chi connectivity index (χ1n) is 6.68. The molecule has 1 atom stereocenters. The Labute approximate surface area is 118 Å². The Morgan fingerprint density at radius 2 is 1.50 bits per heavy atom. The van der Waals surface area contributed by atoms with E-state index >= 15 is 0 Å². The van der Waals surface area contributed by atoms with Gasteiger partial charge >= 0.3 is 5.97 Å². The van der Waals surface area contributed by atoms with E-state index in [0.717, 1.165) is 11.1 Å². The van der Waals surface area contributed by atoms with Crippen LogP contribution in [-0.4, -0.2) is 17.2 Å². The molecule has 2 rings (SSSR count). The minimum absolute atomic E-state index is 0.196. The molecule has 0 aliphatic rings. The summed E-state index contributed by atoms with van der Waals surface area (Å²) in [4.78, 5) is 11.7. The third kappa shape index (κ3) is 4.52. The third-order valence-corrected chi connectivity index (χ3v) is 3.05. The van der Waals surface area contributed by atoms with Crippen molar-refractivity contribution in [2.24, 2.45) is 0 Å². The van der Waals surface area contributed by atoms with Crippen LogP contribution in [0.25, 0.3) is 0 Å². The van der Waals surface area contributed by atoms with Crippen molar-refractivity contribution in [1.29, 1.82) is 0 Å². The molecule has 0 unspecified atom stereocenters. The largest absolute Gasteiger partial charge is 0.459 e. The van der Waals surface area contributed by atoms with E-state index in [9.17, 15) is 9.90 Å². The Balaban J connectivity index is 1.75. The summed E-state index contributed by atoms with van der Waals surface area (Å²) >= 11 is 0. The Morgan fingerprint density at radius 3 is 2.10 bits per heavy atom. The molecule has 20 heavy (non-hydrogen) atoms. The van der Waals surface area contributed by atoms with Crippen molar-refractivity contribution in [3.8, 4) is 0 Å². The number of aliphatic hydroxyl groups is 1. The van der Waals surface area contributed by atoms with E-state index in [1.54, 1.807) is 0 Å². The quantitative estimate of drug-likeness (QED) is 0.821. The summed E-state index contributed by atoms with van der Waals surface area (Å²) in [5.74, 6) is -0.565. The van der Waals surface area contributed by atoms with Crippen molar-refractivity contribution in [3.63, 3.8) is 0 Å². The van der Waals surface area contributed by atoms with E-state index in [1.165, 1.54) is 0 Å². The number of carbonyl (C=O) groups is 1. The molecule has 1 N–H and O–H groups in total. The van der Waals surface area contributed by atoms with Crippen molar-refractivity contribution in [3.05, 3.63) is 71.8 Å². The van der Waals surface area contributed by atoms with Crippen molar-refractivity contribution in [2.45, 2.75) is 25.6 Å². The number of hydrogen-bond acceptors (Lipinski definition) is 3. The molecule has 2 aromatic rings. The van der Waals surface area contributed by atoms with Gasteiger partial charge in [0.05, 0.1) is 0 Å². The van der Waals surface area contributed by atoms with Gasteiger partial charge in [-0.2, -0.15) is 0 Å². The third-order valence-electron chi connectivity index (χ3n) is 3.05. The van der Waals surface area contributed by atoms with Crippen molar-refractivity contribution < 1.29 is 14.6 Å². The van der Waals surface area contributed by atoms with Crippen molar-refractivity contribution >= 4 is 5.97 Å². The van der Waals surface area contributed by atoms with Crippen LogP contribution < -0.4 is 0 Å². The molecule has 0 saturated heterocycles. The minimum atomic E-state index is -1.07. The zero-order valence-electron chi connectivity index (χ0n) is 11.2. The topological polar surface area (TPSA) is 46.5 Å². The van der Waals surface area contributed by atoms with Crippen LogP contribution >= 0.6 is 0 Å². The van der Waals surface area contributed by atoms with Gasteiger partial charge < -0.3 is 9.84 Å². The number of carbonyl (C=O) groups excluding carboxylic acids is 1. The highest BCUT2D eigenvalue weighted by Gasteiger charge is 2.16. The number of aliphatic hydroxyl groups excluding tert-OH is 1. The molecule has 0 radical (unpaired) electrons. The molecular weight excluding hydrogens is 252 g/mol. The monoisotopic (exact) mass is 270 g/mol. The van der Waals surface area contributed by atoms with Crippen LogP contribution in [0.15, 0.2) is 60.7 Å². The lowest BCUT2D eigenvalue weighted by atomic mass is 10.1. The van der Waals surface area contributed by atoms with Crippen LogP contribution in [0.1, 0.15) is 17.5 Å². The van der Waals surface area contributed by atoms with E-state index in [0.29, 0.717) is 12.8 Å². The van der Waals surface area contributed by atoms with Crippen molar-refractivity contribution in [2.75, 3.05) is 0 Å². The predicted octanol–water partition coefficient (Wildman–Crippen LogP) is 2.72. The number of rotatable bonds is 6. The van der Waals surface area contributed by atoms with E-state index in [1.807, 2.05) is 60.7 Å². The lowest BCUT2D eigenvalue weighted by molar-refractivity contribution is -0.155. The van der Waals surface area contributed by atoms with E-state index in [2.05, 4.69) is 0 Å². The zero-order chi connectivity index (χ0) is 14.2. The first kappa shape index (κ1) is 14.3. The summed E-state index contributed by atoms with van der Waals surface area (Å²) in [6, 6.07) is 19.2.